The zero-order valence-corrected chi connectivity index (χ0v) is 18.1. The first kappa shape index (κ1) is 21.1. The highest BCUT2D eigenvalue weighted by Gasteiger charge is 2.17. The number of halogens is 1. The molecule has 2 heterocycles. The molecule has 7 heteroatoms. The lowest BCUT2D eigenvalue weighted by Crippen LogP contribution is -2.45. The van der Waals surface area contributed by atoms with Crippen molar-refractivity contribution in [1.29, 1.82) is 0 Å². The van der Waals surface area contributed by atoms with Crippen molar-refractivity contribution in [2.75, 3.05) is 33.0 Å². The number of nitrogens with zero attached hydrogens (tertiary/aromatic N) is 2. The highest BCUT2D eigenvalue weighted by molar-refractivity contribution is 14.0. The van der Waals surface area contributed by atoms with Crippen molar-refractivity contribution in [1.82, 2.24) is 15.5 Å². The molecule has 1 fully saturated rings. The van der Waals surface area contributed by atoms with Crippen LogP contribution in [0.4, 0.5) is 0 Å². The summed E-state index contributed by atoms with van der Waals surface area (Å²) in [6.07, 6.45) is 4.01. The normalized spacial score (nSPS) is 19.8. The summed E-state index contributed by atoms with van der Waals surface area (Å²) in [6, 6.07) is 6.69. The average molecular weight is 474 g/mol. The van der Waals surface area contributed by atoms with E-state index < -0.39 is 0 Å². The fraction of sp³-hybridized carbons (Fsp3) is 0.632. The van der Waals surface area contributed by atoms with Crippen molar-refractivity contribution in [3.8, 4) is 11.5 Å². The van der Waals surface area contributed by atoms with Crippen LogP contribution in [0.25, 0.3) is 0 Å². The number of rotatable bonds is 6. The monoisotopic (exact) mass is 474 g/mol. The van der Waals surface area contributed by atoms with Gasteiger partial charge in [0.05, 0.1) is 6.54 Å². The molecule has 2 aliphatic heterocycles. The van der Waals surface area contributed by atoms with Crippen LogP contribution in [-0.2, 0) is 6.54 Å². The molecular formula is C19H31IN4O2. The van der Waals surface area contributed by atoms with Gasteiger partial charge in [0, 0.05) is 25.7 Å². The summed E-state index contributed by atoms with van der Waals surface area (Å²) in [7, 11) is 0. The van der Waals surface area contributed by atoms with Crippen LogP contribution in [0, 0.1) is 0 Å². The van der Waals surface area contributed by atoms with E-state index in [0.29, 0.717) is 19.4 Å². The Bertz CT molecular complexity index is 597. The number of ether oxygens (including phenoxy) is 2. The number of aliphatic imine (C=N–C) groups is 1. The van der Waals surface area contributed by atoms with Gasteiger partial charge in [-0.2, -0.15) is 0 Å². The third kappa shape index (κ3) is 5.90. The van der Waals surface area contributed by atoms with E-state index in [4.69, 9.17) is 14.5 Å². The van der Waals surface area contributed by atoms with Crippen LogP contribution in [0.5, 0.6) is 11.5 Å². The van der Waals surface area contributed by atoms with E-state index >= 15 is 0 Å². The molecular weight excluding hydrogens is 443 g/mol. The molecule has 0 aromatic heterocycles. The topological polar surface area (TPSA) is 58.1 Å². The van der Waals surface area contributed by atoms with Crippen LogP contribution >= 0.6 is 24.0 Å². The molecule has 2 aliphatic rings. The molecule has 6 nitrogen and oxygen atoms in total. The summed E-state index contributed by atoms with van der Waals surface area (Å²) in [5.74, 6) is 2.49. The SMILES string of the molecule is CCNC(=NCc1ccc2c(c1)OCO2)NCCN1CCCCC1C.I. The van der Waals surface area contributed by atoms with Crippen molar-refractivity contribution in [2.45, 2.75) is 45.7 Å². The molecule has 26 heavy (non-hydrogen) atoms. The van der Waals surface area contributed by atoms with Gasteiger partial charge in [-0.25, -0.2) is 4.99 Å². The van der Waals surface area contributed by atoms with E-state index in [-0.39, 0.29) is 24.0 Å². The van der Waals surface area contributed by atoms with E-state index in [1.807, 2.05) is 18.2 Å². The van der Waals surface area contributed by atoms with Gasteiger partial charge in [-0.15, -0.1) is 24.0 Å². The van der Waals surface area contributed by atoms with Crippen LogP contribution in [0.3, 0.4) is 0 Å². The zero-order valence-electron chi connectivity index (χ0n) is 15.8. The number of hydrogen-bond acceptors (Lipinski definition) is 4. The molecule has 0 radical (unpaired) electrons. The smallest absolute Gasteiger partial charge is 0.231 e. The molecule has 146 valence electrons. The summed E-state index contributed by atoms with van der Waals surface area (Å²) in [5.41, 5.74) is 1.12. The van der Waals surface area contributed by atoms with Crippen molar-refractivity contribution in [2.24, 2.45) is 4.99 Å². The maximum absolute atomic E-state index is 5.43. The quantitative estimate of drug-likeness (QED) is 0.377. The van der Waals surface area contributed by atoms with Gasteiger partial charge in [-0.05, 0) is 50.9 Å². The second-order valence-corrected chi connectivity index (χ2v) is 6.69. The Morgan fingerprint density at radius 3 is 2.88 bits per heavy atom. The van der Waals surface area contributed by atoms with E-state index in [2.05, 4.69) is 29.4 Å². The lowest BCUT2D eigenvalue weighted by molar-refractivity contribution is 0.163. The molecule has 2 N–H and O–H groups in total. The third-order valence-electron chi connectivity index (χ3n) is 4.83. The van der Waals surface area contributed by atoms with Gasteiger partial charge in [-0.1, -0.05) is 12.5 Å². The maximum atomic E-state index is 5.43. The maximum Gasteiger partial charge on any atom is 0.231 e. The Balaban J connectivity index is 0.00000243. The van der Waals surface area contributed by atoms with Gasteiger partial charge < -0.3 is 20.1 Å². The van der Waals surface area contributed by atoms with E-state index in [1.54, 1.807) is 0 Å². The van der Waals surface area contributed by atoms with E-state index in [1.165, 1.54) is 25.8 Å². The zero-order chi connectivity index (χ0) is 17.5. The molecule has 0 spiro atoms. The second-order valence-electron chi connectivity index (χ2n) is 6.69. The van der Waals surface area contributed by atoms with E-state index in [9.17, 15) is 0 Å². The van der Waals surface area contributed by atoms with Gasteiger partial charge in [0.1, 0.15) is 0 Å². The van der Waals surface area contributed by atoms with Crippen LogP contribution in [0.1, 0.15) is 38.7 Å². The van der Waals surface area contributed by atoms with Crippen LogP contribution in [0.2, 0.25) is 0 Å². The van der Waals surface area contributed by atoms with Gasteiger partial charge in [-0.3, -0.25) is 4.90 Å². The molecule has 0 saturated carbocycles. The second kappa shape index (κ2) is 10.8. The molecule has 3 rings (SSSR count). The number of piperidine rings is 1. The standard InChI is InChI=1S/C19H30N4O2.HI/c1-3-20-19(21-9-11-23-10-5-4-6-15(23)2)22-13-16-7-8-17-18(12-16)25-14-24-17;/h7-8,12,15H,3-6,9-11,13-14H2,1-2H3,(H2,20,21,22);1H. The minimum Gasteiger partial charge on any atom is -0.454 e. The van der Waals surface area contributed by atoms with Crippen molar-refractivity contribution < 1.29 is 9.47 Å². The van der Waals surface area contributed by atoms with Crippen molar-refractivity contribution in [3.63, 3.8) is 0 Å². The molecule has 1 aromatic carbocycles. The van der Waals surface area contributed by atoms with E-state index in [0.717, 1.165) is 42.7 Å². The number of guanidine groups is 1. The average Bonchev–Trinajstić information content (AvgIpc) is 3.09. The molecule has 1 atom stereocenters. The minimum atomic E-state index is 0. The predicted molar refractivity (Wildman–Crippen MR) is 116 cm³/mol. The van der Waals surface area contributed by atoms with Gasteiger partial charge >= 0.3 is 0 Å². The molecule has 1 saturated heterocycles. The first-order valence-corrected chi connectivity index (χ1v) is 9.41. The Labute approximate surface area is 173 Å². The first-order valence-electron chi connectivity index (χ1n) is 9.41. The molecule has 1 unspecified atom stereocenters. The Morgan fingerprint density at radius 2 is 2.08 bits per heavy atom. The number of fused-ring (bicyclic) bond motifs is 1. The van der Waals surface area contributed by atoms with Crippen LogP contribution in [-0.4, -0.2) is 49.9 Å². The fourth-order valence-electron chi connectivity index (χ4n) is 3.36. The summed E-state index contributed by atoms with van der Waals surface area (Å²) in [4.78, 5) is 7.26. The van der Waals surface area contributed by atoms with Gasteiger partial charge in [0.15, 0.2) is 17.5 Å². The molecule has 0 amide bonds. The number of hydrogen-bond donors (Lipinski definition) is 2. The number of benzene rings is 1. The largest absolute Gasteiger partial charge is 0.454 e. The molecule has 1 aromatic rings. The minimum absolute atomic E-state index is 0. The van der Waals surface area contributed by atoms with Gasteiger partial charge in [0.25, 0.3) is 0 Å². The summed E-state index contributed by atoms with van der Waals surface area (Å²) >= 11 is 0. The fourth-order valence-corrected chi connectivity index (χ4v) is 3.36. The third-order valence-corrected chi connectivity index (χ3v) is 4.83. The first-order chi connectivity index (χ1) is 12.3. The summed E-state index contributed by atoms with van der Waals surface area (Å²) < 4.78 is 10.8. The van der Waals surface area contributed by atoms with Crippen LogP contribution < -0.4 is 20.1 Å². The van der Waals surface area contributed by atoms with Crippen molar-refractivity contribution >= 4 is 29.9 Å². The Hall–Kier alpha value is -1.22. The Kier molecular flexibility index (Phi) is 8.77. The summed E-state index contributed by atoms with van der Waals surface area (Å²) in [5, 5.41) is 6.77. The van der Waals surface area contributed by atoms with Gasteiger partial charge in [0.2, 0.25) is 6.79 Å². The summed E-state index contributed by atoms with van der Waals surface area (Å²) in [6.45, 7) is 9.39. The lowest BCUT2D eigenvalue weighted by Gasteiger charge is -2.33. The van der Waals surface area contributed by atoms with Crippen LogP contribution in [0.15, 0.2) is 23.2 Å². The highest BCUT2D eigenvalue weighted by Crippen LogP contribution is 2.32. The number of nitrogens with one attached hydrogen (secondary N) is 2. The molecule has 0 bridgehead atoms. The number of likely N-dealkylation sites (tertiary alicyclic amines) is 1. The highest BCUT2D eigenvalue weighted by atomic mass is 127. The predicted octanol–water partition coefficient (Wildman–Crippen LogP) is 2.96. The Morgan fingerprint density at radius 1 is 1.23 bits per heavy atom. The molecule has 0 aliphatic carbocycles. The lowest BCUT2D eigenvalue weighted by atomic mass is 10.0. The van der Waals surface area contributed by atoms with Crippen molar-refractivity contribution in [3.05, 3.63) is 23.8 Å².